The number of rotatable bonds is 6. The van der Waals surface area contributed by atoms with Crippen molar-refractivity contribution in [3.8, 4) is 0 Å². The van der Waals surface area contributed by atoms with Gasteiger partial charge in [-0.3, -0.25) is 14.5 Å². The fourth-order valence-corrected chi connectivity index (χ4v) is 4.44. The smallest absolute Gasteiger partial charge is 0.278 e. The van der Waals surface area contributed by atoms with Crippen molar-refractivity contribution < 1.29 is 9.59 Å². The molecule has 2 heterocycles. The van der Waals surface area contributed by atoms with Crippen LogP contribution in [-0.4, -0.2) is 36.3 Å². The van der Waals surface area contributed by atoms with E-state index in [0.29, 0.717) is 17.8 Å². The van der Waals surface area contributed by atoms with E-state index in [1.807, 2.05) is 58.0 Å². The standard InChI is InChI=1S/C26H31N3O2/c1-17(2)16-29-25(30)23(22-12-7-18(3)15-19(22)4)24(26(29)31)27-20-8-10-21(11-9-20)28-13-5-6-14-28/h7-12,15,17,27H,5-6,13-14,16H2,1-4H3. The molecule has 0 bridgehead atoms. The Balaban J connectivity index is 1.70. The van der Waals surface area contributed by atoms with Gasteiger partial charge in [0, 0.05) is 31.0 Å². The Morgan fingerprint density at radius 3 is 2.23 bits per heavy atom. The maximum atomic E-state index is 13.3. The lowest BCUT2D eigenvalue weighted by atomic mass is 9.97. The summed E-state index contributed by atoms with van der Waals surface area (Å²) in [5, 5.41) is 3.28. The molecular formula is C26H31N3O2. The number of carbonyl (C=O) groups excluding carboxylic acids is 2. The number of nitrogens with zero attached hydrogens (tertiary/aromatic N) is 2. The van der Waals surface area contributed by atoms with Crippen LogP contribution in [0, 0.1) is 19.8 Å². The van der Waals surface area contributed by atoms with Crippen LogP contribution in [0.1, 0.15) is 43.4 Å². The molecule has 2 aliphatic rings. The van der Waals surface area contributed by atoms with Crippen molar-refractivity contribution in [1.29, 1.82) is 0 Å². The first-order valence-corrected chi connectivity index (χ1v) is 11.2. The van der Waals surface area contributed by atoms with Crippen molar-refractivity contribution in [3.05, 3.63) is 64.9 Å². The number of nitrogens with one attached hydrogen (secondary N) is 1. The summed E-state index contributed by atoms with van der Waals surface area (Å²) in [6.45, 7) is 10.6. The van der Waals surface area contributed by atoms with Gasteiger partial charge in [-0.25, -0.2) is 0 Å². The molecule has 2 amide bonds. The van der Waals surface area contributed by atoms with E-state index in [4.69, 9.17) is 0 Å². The summed E-state index contributed by atoms with van der Waals surface area (Å²) in [6, 6.07) is 14.1. The number of amides is 2. The monoisotopic (exact) mass is 417 g/mol. The maximum Gasteiger partial charge on any atom is 0.278 e. The van der Waals surface area contributed by atoms with Crippen LogP contribution < -0.4 is 10.2 Å². The molecule has 4 rings (SSSR count). The van der Waals surface area contributed by atoms with Crippen LogP contribution >= 0.6 is 0 Å². The molecule has 2 aromatic carbocycles. The topological polar surface area (TPSA) is 52.7 Å². The molecule has 0 saturated carbocycles. The molecule has 1 N–H and O–H groups in total. The highest BCUT2D eigenvalue weighted by atomic mass is 16.2. The molecule has 1 fully saturated rings. The van der Waals surface area contributed by atoms with Crippen LogP contribution in [-0.2, 0) is 9.59 Å². The summed E-state index contributed by atoms with van der Waals surface area (Å²) >= 11 is 0. The van der Waals surface area contributed by atoms with Gasteiger partial charge in [0.15, 0.2) is 0 Å². The molecular weight excluding hydrogens is 386 g/mol. The highest BCUT2D eigenvalue weighted by molar-refractivity contribution is 6.36. The molecule has 2 aromatic rings. The number of hydrogen-bond donors (Lipinski definition) is 1. The third kappa shape index (κ3) is 4.22. The van der Waals surface area contributed by atoms with Crippen LogP contribution in [0.2, 0.25) is 0 Å². The van der Waals surface area contributed by atoms with Crippen LogP contribution in [0.5, 0.6) is 0 Å². The van der Waals surface area contributed by atoms with Gasteiger partial charge in [0.2, 0.25) is 0 Å². The van der Waals surface area contributed by atoms with E-state index < -0.39 is 0 Å². The predicted octanol–water partition coefficient (Wildman–Crippen LogP) is 4.75. The summed E-state index contributed by atoms with van der Waals surface area (Å²) in [4.78, 5) is 30.3. The molecule has 5 heteroatoms. The van der Waals surface area contributed by atoms with Gasteiger partial charge >= 0.3 is 0 Å². The Labute approximate surface area is 184 Å². The first kappa shape index (κ1) is 21.2. The van der Waals surface area contributed by atoms with Gasteiger partial charge in [0.25, 0.3) is 11.8 Å². The van der Waals surface area contributed by atoms with Crippen LogP contribution in [0.4, 0.5) is 11.4 Å². The van der Waals surface area contributed by atoms with E-state index >= 15 is 0 Å². The fourth-order valence-electron chi connectivity index (χ4n) is 4.44. The van der Waals surface area contributed by atoms with E-state index in [1.165, 1.54) is 23.4 Å². The highest BCUT2D eigenvalue weighted by Crippen LogP contribution is 2.33. The van der Waals surface area contributed by atoms with Gasteiger partial charge in [-0.05, 0) is 68.0 Å². The third-order valence-electron chi connectivity index (χ3n) is 5.97. The van der Waals surface area contributed by atoms with Crippen molar-refractivity contribution in [1.82, 2.24) is 4.90 Å². The molecule has 0 aliphatic carbocycles. The van der Waals surface area contributed by atoms with E-state index in [1.54, 1.807) is 0 Å². The van der Waals surface area contributed by atoms with Crippen LogP contribution in [0.15, 0.2) is 48.2 Å². The second kappa shape index (κ2) is 8.58. The van der Waals surface area contributed by atoms with Crippen molar-refractivity contribution in [2.45, 2.75) is 40.5 Å². The van der Waals surface area contributed by atoms with Gasteiger partial charge in [0.1, 0.15) is 5.70 Å². The van der Waals surface area contributed by atoms with Gasteiger partial charge in [0.05, 0.1) is 5.57 Å². The normalized spacial score (nSPS) is 16.8. The Morgan fingerprint density at radius 2 is 1.61 bits per heavy atom. The summed E-state index contributed by atoms with van der Waals surface area (Å²) < 4.78 is 0. The minimum absolute atomic E-state index is 0.201. The Kier molecular flexibility index (Phi) is 5.86. The predicted molar refractivity (Wildman–Crippen MR) is 126 cm³/mol. The first-order valence-electron chi connectivity index (χ1n) is 11.2. The summed E-state index contributed by atoms with van der Waals surface area (Å²) in [7, 11) is 0. The van der Waals surface area contributed by atoms with E-state index in [-0.39, 0.29) is 17.7 Å². The Morgan fingerprint density at radius 1 is 0.935 bits per heavy atom. The van der Waals surface area contributed by atoms with Crippen molar-refractivity contribution >= 4 is 28.8 Å². The summed E-state index contributed by atoms with van der Waals surface area (Å²) in [5.74, 6) is -0.272. The van der Waals surface area contributed by atoms with Gasteiger partial charge < -0.3 is 10.2 Å². The minimum atomic E-state index is -0.253. The second-order valence-corrected chi connectivity index (χ2v) is 9.05. The Bertz CT molecular complexity index is 1030. The lowest BCUT2D eigenvalue weighted by Gasteiger charge is -2.18. The zero-order chi connectivity index (χ0) is 22.1. The molecule has 31 heavy (non-hydrogen) atoms. The molecule has 0 unspecified atom stereocenters. The molecule has 0 spiro atoms. The SMILES string of the molecule is Cc1ccc(C2=C(Nc3ccc(N4CCCC4)cc3)C(=O)N(CC(C)C)C2=O)c(C)c1. The number of benzene rings is 2. The lowest BCUT2D eigenvalue weighted by Crippen LogP contribution is -2.35. The van der Waals surface area contributed by atoms with Crippen LogP contribution in [0.25, 0.3) is 5.57 Å². The number of hydrogen-bond acceptors (Lipinski definition) is 4. The summed E-state index contributed by atoms with van der Waals surface area (Å²) in [5.41, 5.74) is 5.77. The van der Waals surface area contributed by atoms with Crippen LogP contribution in [0.3, 0.4) is 0 Å². The third-order valence-corrected chi connectivity index (χ3v) is 5.97. The van der Waals surface area contributed by atoms with E-state index in [0.717, 1.165) is 35.5 Å². The first-order chi connectivity index (χ1) is 14.8. The van der Waals surface area contributed by atoms with Crippen molar-refractivity contribution in [2.75, 3.05) is 29.9 Å². The summed E-state index contributed by atoms with van der Waals surface area (Å²) in [6.07, 6.45) is 2.46. The Hall–Kier alpha value is -3.08. The molecule has 0 aromatic heterocycles. The zero-order valence-electron chi connectivity index (χ0n) is 18.9. The average molecular weight is 418 g/mol. The maximum absolute atomic E-state index is 13.3. The van der Waals surface area contributed by atoms with Gasteiger partial charge in [-0.2, -0.15) is 0 Å². The number of anilines is 2. The van der Waals surface area contributed by atoms with Crippen molar-refractivity contribution in [2.24, 2.45) is 5.92 Å². The number of imide groups is 1. The molecule has 162 valence electrons. The van der Waals surface area contributed by atoms with Crippen molar-refractivity contribution in [3.63, 3.8) is 0 Å². The van der Waals surface area contributed by atoms with E-state index in [2.05, 4.69) is 22.3 Å². The quantitative estimate of drug-likeness (QED) is 0.689. The van der Waals surface area contributed by atoms with Gasteiger partial charge in [-0.1, -0.05) is 37.6 Å². The number of aryl methyl sites for hydroxylation is 2. The highest BCUT2D eigenvalue weighted by Gasteiger charge is 2.39. The zero-order valence-corrected chi connectivity index (χ0v) is 18.9. The second-order valence-electron chi connectivity index (χ2n) is 9.05. The van der Waals surface area contributed by atoms with Gasteiger partial charge in [-0.15, -0.1) is 0 Å². The molecule has 2 aliphatic heterocycles. The lowest BCUT2D eigenvalue weighted by molar-refractivity contribution is -0.137. The largest absolute Gasteiger partial charge is 0.372 e. The average Bonchev–Trinajstić information content (AvgIpc) is 3.33. The molecule has 5 nitrogen and oxygen atoms in total. The fraction of sp³-hybridized carbons (Fsp3) is 0.385. The molecule has 0 radical (unpaired) electrons. The molecule has 0 atom stereocenters. The number of carbonyl (C=O) groups is 2. The minimum Gasteiger partial charge on any atom is -0.372 e. The van der Waals surface area contributed by atoms with E-state index in [9.17, 15) is 9.59 Å². The molecule has 1 saturated heterocycles.